The number of hydrazine groups is 1. The lowest BCUT2D eigenvalue weighted by Gasteiger charge is -2.23. The van der Waals surface area contributed by atoms with Gasteiger partial charge in [0, 0.05) is 11.8 Å². The van der Waals surface area contributed by atoms with Crippen molar-refractivity contribution in [1.82, 2.24) is 10.3 Å². The van der Waals surface area contributed by atoms with E-state index in [1.165, 1.54) is 24.3 Å². The van der Waals surface area contributed by atoms with E-state index in [0.29, 0.717) is 5.75 Å². The number of amidine groups is 1. The summed E-state index contributed by atoms with van der Waals surface area (Å²) in [6.07, 6.45) is -5.61. The lowest BCUT2D eigenvalue weighted by Crippen LogP contribution is -2.45. The van der Waals surface area contributed by atoms with Crippen LogP contribution in [0.4, 0.5) is 23.2 Å². The molecule has 0 heterocycles. The molecule has 6 N–H and O–H groups in total. The number of anilines is 1. The predicted molar refractivity (Wildman–Crippen MR) is 154 cm³/mol. The van der Waals surface area contributed by atoms with E-state index >= 15 is 0 Å². The highest BCUT2D eigenvalue weighted by Gasteiger charge is 2.42. The Kier molecular flexibility index (Phi) is 11.0. The molecule has 12 nitrogen and oxygen atoms in total. The first-order valence-electron chi connectivity index (χ1n) is 13.1. The first-order chi connectivity index (χ1) is 21.0. The van der Waals surface area contributed by atoms with E-state index in [2.05, 4.69) is 10.1 Å². The van der Waals surface area contributed by atoms with Gasteiger partial charge in [-0.3, -0.25) is 15.6 Å². The number of ether oxygens (including phenoxy) is 3. The molecule has 1 amide bonds. The summed E-state index contributed by atoms with van der Waals surface area (Å²) in [5.41, 5.74) is 7.18. The van der Waals surface area contributed by atoms with Gasteiger partial charge in [-0.1, -0.05) is 12.1 Å². The highest BCUT2D eigenvalue weighted by molar-refractivity contribution is 7.89. The molecule has 3 aromatic rings. The molecule has 45 heavy (non-hydrogen) atoms. The molecule has 0 radical (unpaired) electrons. The summed E-state index contributed by atoms with van der Waals surface area (Å²) in [5.74, 6) is -5.35. The Labute approximate surface area is 255 Å². The third-order valence-corrected chi connectivity index (χ3v) is 6.90. The minimum absolute atomic E-state index is 0.0985. The summed E-state index contributed by atoms with van der Waals surface area (Å²) in [6.45, 7) is 5.46. The van der Waals surface area contributed by atoms with Gasteiger partial charge in [-0.25, -0.2) is 17.6 Å². The second kappa shape index (κ2) is 14.3. The zero-order valence-corrected chi connectivity index (χ0v) is 24.8. The first-order valence-corrected chi connectivity index (χ1v) is 14.5. The van der Waals surface area contributed by atoms with Gasteiger partial charge in [0.15, 0.2) is 11.5 Å². The molecule has 0 aliphatic rings. The summed E-state index contributed by atoms with van der Waals surface area (Å²) in [6, 6.07) is 10.1. The van der Waals surface area contributed by atoms with Gasteiger partial charge in [0.05, 0.1) is 23.2 Å². The summed E-state index contributed by atoms with van der Waals surface area (Å²) in [7, 11) is -4.45. The predicted octanol–water partition coefficient (Wildman–Crippen LogP) is 3.93. The van der Waals surface area contributed by atoms with E-state index in [4.69, 9.17) is 20.6 Å². The van der Waals surface area contributed by atoms with Gasteiger partial charge in [-0.2, -0.15) is 13.2 Å². The van der Waals surface area contributed by atoms with E-state index in [1.54, 1.807) is 20.8 Å². The van der Waals surface area contributed by atoms with E-state index in [1.807, 2.05) is 10.3 Å². The Morgan fingerprint density at radius 1 is 1.00 bits per heavy atom. The number of carbonyl (C=O) groups excluding carboxylic acids is 2. The maximum absolute atomic E-state index is 13.6. The molecule has 0 fully saturated rings. The number of nitrogen functional groups attached to an aromatic ring is 1. The van der Waals surface area contributed by atoms with Crippen molar-refractivity contribution in [2.24, 2.45) is 5.73 Å². The van der Waals surface area contributed by atoms with Crippen LogP contribution in [-0.2, 0) is 19.6 Å². The number of amides is 1. The fraction of sp³-hybridized carbons (Fsp3) is 0.250. The molecule has 1 atom stereocenters. The van der Waals surface area contributed by atoms with E-state index in [9.17, 15) is 35.6 Å². The zero-order valence-electron chi connectivity index (χ0n) is 24.0. The summed E-state index contributed by atoms with van der Waals surface area (Å²) in [4.78, 5) is 26.4. The Hall–Kier alpha value is -4.90. The second-order valence-corrected chi connectivity index (χ2v) is 11.1. The number of benzene rings is 3. The zero-order chi connectivity index (χ0) is 33.5. The van der Waals surface area contributed by atoms with Crippen LogP contribution in [0.25, 0.3) is 0 Å². The molecule has 17 heteroatoms. The quantitative estimate of drug-likeness (QED) is 0.0455. The molecular formula is C28H29F4N5O7S. The number of rotatable bonds is 13. The summed E-state index contributed by atoms with van der Waals surface area (Å²) in [5, 5.41) is 10.4. The van der Waals surface area contributed by atoms with Crippen LogP contribution in [-0.4, -0.2) is 45.0 Å². The van der Waals surface area contributed by atoms with Crippen molar-refractivity contribution >= 4 is 33.4 Å². The van der Waals surface area contributed by atoms with Gasteiger partial charge in [0.1, 0.15) is 23.4 Å². The van der Waals surface area contributed by atoms with Crippen LogP contribution in [0.1, 0.15) is 37.9 Å². The molecule has 0 spiro atoms. The Morgan fingerprint density at radius 3 is 2.31 bits per heavy atom. The fourth-order valence-corrected chi connectivity index (χ4v) is 4.63. The molecule has 0 saturated carbocycles. The third kappa shape index (κ3) is 9.29. The average Bonchev–Trinajstić information content (AvgIpc) is 2.95. The number of alkyl halides is 3. The van der Waals surface area contributed by atoms with E-state index < -0.39 is 56.4 Å². The van der Waals surface area contributed by atoms with E-state index in [0.717, 1.165) is 36.4 Å². The SMILES string of the molecule is CCOc1cc(C(Nc2ccc(C(=N)N)c(OC(=O)C(F)(F)F)c2)C(=O)NNS(=O)(=O)c2cccc(F)c2)ccc1OC(C)C. The van der Waals surface area contributed by atoms with Gasteiger partial charge >= 0.3 is 12.1 Å². The Balaban J connectivity index is 2.04. The molecule has 0 saturated heterocycles. The summed E-state index contributed by atoms with van der Waals surface area (Å²) < 4.78 is 93.6. The number of nitrogens with one attached hydrogen (secondary N) is 4. The van der Waals surface area contributed by atoms with Crippen LogP contribution < -0.4 is 35.5 Å². The lowest BCUT2D eigenvalue weighted by molar-refractivity contribution is -0.189. The number of esters is 1. The number of carbonyl (C=O) groups is 2. The number of hydrogen-bond acceptors (Lipinski definition) is 9. The maximum atomic E-state index is 13.6. The van der Waals surface area contributed by atoms with Crippen molar-refractivity contribution in [1.29, 1.82) is 5.41 Å². The number of halogens is 4. The van der Waals surface area contributed by atoms with Crippen molar-refractivity contribution in [2.45, 2.75) is 44.0 Å². The van der Waals surface area contributed by atoms with Crippen molar-refractivity contribution in [3.05, 3.63) is 77.6 Å². The standard InChI is InChI=1S/C28H29F4N5O7S/c1-4-42-23-12-16(8-11-21(23)43-15(2)3)24(26(38)36-37-45(40,41)19-7-5-6-17(29)13-19)35-18-9-10-20(25(33)34)22(14-18)44-27(39)28(30,31)32/h5-15,24,35,37H,4H2,1-3H3,(H3,33,34)(H,36,38). The molecule has 0 bridgehead atoms. The monoisotopic (exact) mass is 655 g/mol. The largest absolute Gasteiger partial charge is 0.491 e. The van der Waals surface area contributed by atoms with Crippen LogP contribution in [0, 0.1) is 11.2 Å². The molecule has 0 aromatic heterocycles. The number of nitrogens with two attached hydrogens (primary N) is 1. The maximum Gasteiger partial charge on any atom is 0.491 e. The normalized spacial score (nSPS) is 12.3. The first kappa shape index (κ1) is 34.6. The average molecular weight is 656 g/mol. The lowest BCUT2D eigenvalue weighted by atomic mass is 10.0. The molecule has 0 aliphatic carbocycles. The van der Waals surface area contributed by atoms with Gasteiger partial charge in [0.25, 0.3) is 15.9 Å². The van der Waals surface area contributed by atoms with Gasteiger partial charge < -0.3 is 25.3 Å². The molecular weight excluding hydrogens is 626 g/mol. The van der Waals surface area contributed by atoms with Crippen LogP contribution >= 0.6 is 0 Å². The highest BCUT2D eigenvalue weighted by atomic mass is 32.2. The van der Waals surface area contributed by atoms with Gasteiger partial charge in [-0.15, -0.1) is 4.83 Å². The number of sulfonamides is 1. The van der Waals surface area contributed by atoms with Crippen LogP contribution in [0.5, 0.6) is 17.2 Å². The van der Waals surface area contributed by atoms with Crippen LogP contribution in [0.15, 0.2) is 65.6 Å². The molecule has 3 aromatic carbocycles. The third-order valence-electron chi connectivity index (χ3n) is 5.66. The molecule has 0 aliphatic heterocycles. The van der Waals surface area contributed by atoms with Gasteiger partial charge in [-0.05, 0) is 68.8 Å². The minimum atomic E-state index is -5.37. The van der Waals surface area contributed by atoms with Crippen molar-refractivity contribution in [3.63, 3.8) is 0 Å². The van der Waals surface area contributed by atoms with E-state index in [-0.39, 0.29) is 35.3 Å². The van der Waals surface area contributed by atoms with Crippen LogP contribution in [0.3, 0.4) is 0 Å². The van der Waals surface area contributed by atoms with Crippen molar-refractivity contribution in [2.75, 3.05) is 11.9 Å². The Morgan fingerprint density at radius 2 is 1.71 bits per heavy atom. The summed E-state index contributed by atoms with van der Waals surface area (Å²) >= 11 is 0. The fourth-order valence-electron chi connectivity index (χ4n) is 3.75. The van der Waals surface area contributed by atoms with Gasteiger partial charge in [0.2, 0.25) is 0 Å². The molecule has 1 unspecified atom stereocenters. The smallest absolute Gasteiger partial charge is 0.490 e. The topological polar surface area (TPSA) is 182 Å². The second-order valence-electron chi connectivity index (χ2n) is 9.45. The van der Waals surface area contributed by atoms with Crippen molar-refractivity contribution < 1.29 is 49.8 Å². The van der Waals surface area contributed by atoms with Crippen LogP contribution in [0.2, 0.25) is 0 Å². The minimum Gasteiger partial charge on any atom is -0.490 e. The number of hydrogen-bond donors (Lipinski definition) is 5. The molecule has 3 rings (SSSR count). The Bertz CT molecular complexity index is 1680. The highest BCUT2D eigenvalue weighted by Crippen LogP contribution is 2.34. The van der Waals surface area contributed by atoms with Crippen molar-refractivity contribution in [3.8, 4) is 17.2 Å². The molecule has 242 valence electrons.